The lowest BCUT2D eigenvalue weighted by Crippen LogP contribution is -2.35. The van der Waals surface area contributed by atoms with Gasteiger partial charge in [-0.05, 0) is 50.8 Å². The molecule has 3 heteroatoms. The summed E-state index contributed by atoms with van der Waals surface area (Å²) >= 11 is 5.90. The lowest BCUT2D eigenvalue weighted by molar-refractivity contribution is -0.118. The fraction of sp³-hybridized carbons (Fsp3) is 0.550. The SMILES string of the molecule is CC=C(CCCCCCC)C(=O)NC(C)Cc1ccc(Cl)cc1. The average Bonchev–Trinajstić information content (AvgIpc) is 2.53. The van der Waals surface area contributed by atoms with Gasteiger partial charge in [0.25, 0.3) is 0 Å². The molecule has 0 fully saturated rings. The highest BCUT2D eigenvalue weighted by molar-refractivity contribution is 6.30. The van der Waals surface area contributed by atoms with Crippen LogP contribution in [0.15, 0.2) is 35.9 Å². The number of unbranched alkanes of at least 4 members (excludes halogenated alkanes) is 4. The average molecular weight is 336 g/mol. The number of rotatable bonds is 10. The molecule has 0 aliphatic carbocycles. The Labute approximate surface area is 146 Å². The van der Waals surface area contributed by atoms with Gasteiger partial charge in [0.05, 0.1) is 0 Å². The van der Waals surface area contributed by atoms with E-state index in [1.807, 2.05) is 44.2 Å². The van der Waals surface area contributed by atoms with Crippen LogP contribution in [0.2, 0.25) is 5.02 Å². The predicted molar refractivity (Wildman–Crippen MR) is 99.9 cm³/mol. The molecule has 0 heterocycles. The van der Waals surface area contributed by atoms with Gasteiger partial charge < -0.3 is 5.32 Å². The number of carbonyl (C=O) groups is 1. The fourth-order valence-corrected chi connectivity index (χ4v) is 2.78. The van der Waals surface area contributed by atoms with Gasteiger partial charge in [0.1, 0.15) is 0 Å². The number of allylic oxidation sites excluding steroid dienone is 1. The van der Waals surface area contributed by atoms with Crippen molar-refractivity contribution in [2.45, 2.75) is 71.8 Å². The van der Waals surface area contributed by atoms with Crippen LogP contribution < -0.4 is 5.32 Å². The summed E-state index contributed by atoms with van der Waals surface area (Å²) in [5.74, 6) is 0.0736. The molecule has 1 N–H and O–H groups in total. The molecule has 1 rings (SSSR count). The molecule has 0 aliphatic heterocycles. The van der Waals surface area contributed by atoms with Gasteiger partial charge in [0, 0.05) is 16.6 Å². The molecule has 0 radical (unpaired) electrons. The van der Waals surface area contributed by atoms with Crippen LogP contribution in [0.1, 0.15) is 64.9 Å². The number of hydrogen-bond donors (Lipinski definition) is 1. The van der Waals surface area contributed by atoms with Gasteiger partial charge in [-0.2, -0.15) is 0 Å². The van der Waals surface area contributed by atoms with Crippen LogP contribution in [0.25, 0.3) is 0 Å². The van der Waals surface area contributed by atoms with Crippen molar-refractivity contribution >= 4 is 17.5 Å². The highest BCUT2D eigenvalue weighted by Gasteiger charge is 2.12. The number of halogens is 1. The topological polar surface area (TPSA) is 29.1 Å². The van der Waals surface area contributed by atoms with Crippen molar-refractivity contribution in [3.8, 4) is 0 Å². The van der Waals surface area contributed by atoms with Gasteiger partial charge >= 0.3 is 0 Å². The maximum absolute atomic E-state index is 12.3. The van der Waals surface area contributed by atoms with Crippen molar-refractivity contribution in [2.24, 2.45) is 0 Å². The minimum absolute atomic E-state index is 0.0736. The summed E-state index contributed by atoms with van der Waals surface area (Å²) in [5.41, 5.74) is 2.09. The van der Waals surface area contributed by atoms with E-state index >= 15 is 0 Å². The van der Waals surface area contributed by atoms with E-state index in [1.165, 1.54) is 31.2 Å². The molecule has 1 aromatic carbocycles. The lowest BCUT2D eigenvalue weighted by Gasteiger charge is -2.16. The Morgan fingerprint density at radius 2 is 1.83 bits per heavy atom. The Hall–Kier alpha value is -1.28. The van der Waals surface area contributed by atoms with Crippen LogP contribution in [0, 0.1) is 0 Å². The fourth-order valence-electron chi connectivity index (χ4n) is 2.65. The monoisotopic (exact) mass is 335 g/mol. The summed E-state index contributed by atoms with van der Waals surface area (Å²) in [6.45, 7) is 6.21. The second-order valence-corrected chi connectivity index (χ2v) is 6.62. The maximum Gasteiger partial charge on any atom is 0.247 e. The number of benzene rings is 1. The zero-order chi connectivity index (χ0) is 17.1. The first kappa shape index (κ1) is 19.8. The first-order valence-electron chi connectivity index (χ1n) is 8.77. The Morgan fingerprint density at radius 3 is 2.43 bits per heavy atom. The molecule has 0 saturated heterocycles. The zero-order valence-corrected chi connectivity index (χ0v) is 15.5. The van der Waals surface area contributed by atoms with Crippen LogP contribution in [-0.2, 0) is 11.2 Å². The molecule has 0 aromatic heterocycles. The van der Waals surface area contributed by atoms with E-state index in [0.29, 0.717) is 0 Å². The van der Waals surface area contributed by atoms with Crippen LogP contribution >= 0.6 is 11.6 Å². The predicted octanol–water partition coefficient (Wildman–Crippen LogP) is 5.69. The zero-order valence-electron chi connectivity index (χ0n) is 14.7. The number of hydrogen-bond acceptors (Lipinski definition) is 1. The van der Waals surface area contributed by atoms with Gasteiger partial charge in [0.2, 0.25) is 5.91 Å². The molecule has 1 atom stereocenters. The van der Waals surface area contributed by atoms with Gasteiger partial charge in [-0.1, -0.05) is 62.4 Å². The molecule has 2 nitrogen and oxygen atoms in total. The molecule has 23 heavy (non-hydrogen) atoms. The van der Waals surface area contributed by atoms with Crippen molar-refractivity contribution in [1.29, 1.82) is 0 Å². The van der Waals surface area contributed by atoms with E-state index in [2.05, 4.69) is 12.2 Å². The van der Waals surface area contributed by atoms with E-state index in [1.54, 1.807) is 0 Å². The molecular formula is C20H30ClNO. The van der Waals surface area contributed by atoms with E-state index < -0.39 is 0 Å². The molecular weight excluding hydrogens is 306 g/mol. The van der Waals surface area contributed by atoms with E-state index in [-0.39, 0.29) is 11.9 Å². The third kappa shape index (κ3) is 8.22. The molecule has 1 aromatic rings. The quantitative estimate of drug-likeness (QED) is 0.431. The molecule has 1 unspecified atom stereocenters. The maximum atomic E-state index is 12.3. The summed E-state index contributed by atoms with van der Waals surface area (Å²) < 4.78 is 0. The number of amides is 1. The van der Waals surface area contributed by atoms with Crippen molar-refractivity contribution in [3.63, 3.8) is 0 Å². The normalized spacial score (nSPS) is 13.0. The minimum Gasteiger partial charge on any atom is -0.350 e. The van der Waals surface area contributed by atoms with Crippen molar-refractivity contribution in [3.05, 3.63) is 46.5 Å². The molecule has 0 aliphatic rings. The molecule has 0 bridgehead atoms. The second kappa shape index (κ2) is 11.3. The summed E-state index contributed by atoms with van der Waals surface area (Å²) in [5, 5.41) is 3.85. The van der Waals surface area contributed by atoms with Crippen molar-refractivity contribution in [1.82, 2.24) is 5.32 Å². The van der Waals surface area contributed by atoms with Crippen LogP contribution in [0.3, 0.4) is 0 Å². The summed E-state index contributed by atoms with van der Waals surface area (Å²) in [6.07, 6.45) is 9.74. The summed E-state index contributed by atoms with van der Waals surface area (Å²) in [4.78, 5) is 12.3. The first-order valence-corrected chi connectivity index (χ1v) is 9.15. The van der Waals surface area contributed by atoms with Gasteiger partial charge in [-0.15, -0.1) is 0 Å². The standard InChI is InChI=1S/C20H30ClNO/c1-4-6-7-8-9-10-18(5-2)20(23)22-16(3)15-17-11-13-19(21)14-12-17/h5,11-14,16H,4,6-10,15H2,1-3H3,(H,22,23). The van der Waals surface area contributed by atoms with E-state index in [0.717, 1.165) is 29.9 Å². The third-order valence-corrected chi connectivity index (χ3v) is 4.27. The summed E-state index contributed by atoms with van der Waals surface area (Å²) in [6, 6.07) is 7.90. The van der Waals surface area contributed by atoms with E-state index in [9.17, 15) is 4.79 Å². The van der Waals surface area contributed by atoms with Crippen molar-refractivity contribution < 1.29 is 4.79 Å². The smallest absolute Gasteiger partial charge is 0.247 e. The highest BCUT2D eigenvalue weighted by atomic mass is 35.5. The molecule has 128 valence electrons. The van der Waals surface area contributed by atoms with Crippen molar-refractivity contribution in [2.75, 3.05) is 0 Å². The van der Waals surface area contributed by atoms with Crippen LogP contribution in [-0.4, -0.2) is 11.9 Å². The third-order valence-electron chi connectivity index (χ3n) is 4.02. The Balaban J connectivity index is 2.38. The Kier molecular flexibility index (Phi) is 9.70. The number of carbonyl (C=O) groups excluding carboxylic acids is 1. The molecule has 0 spiro atoms. The van der Waals surface area contributed by atoms with E-state index in [4.69, 9.17) is 11.6 Å². The van der Waals surface area contributed by atoms with Gasteiger partial charge in [-0.3, -0.25) is 4.79 Å². The van der Waals surface area contributed by atoms with Crippen LogP contribution in [0.4, 0.5) is 0 Å². The Morgan fingerprint density at radius 1 is 1.17 bits per heavy atom. The van der Waals surface area contributed by atoms with Gasteiger partial charge in [0.15, 0.2) is 0 Å². The highest BCUT2D eigenvalue weighted by Crippen LogP contribution is 2.13. The first-order chi connectivity index (χ1) is 11.1. The van der Waals surface area contributed by atoms with Crippen LogP contribution in [0.5, 0.6) is 0 Å². The molecule has 1 amide bonds. The largest absolute Gasteiger partial charge is 0.350 e. The van der Waals surface area contributed by atoms with Gasteiger partial charge in [-0.25, -0.2) is 0 Å². The number of nitrogens with one attached hydrogen (secondary N) is 1. The molecule has 0 saturated carbocycles. The summed E-state index contributed by atoms with van der Waals surface area (Å²) in [7, 11) is 0. The Bertz CT molecular complexity index is 493. The minimum atomic E-state index is 0.0736. The lowest BCUT2D eigenvalue weighted by atomic mass is 10.0. The second-order valence-electron chi connectivity index (χ2n) is 6.18.